The number of methoxy groups -OCH3 is 1. The van der Waals surface area contributed by atoms with Crippen LogP contribution >= 0.6 is 0 Å². The van der Waals surface area contributed by atoms with Crippen molar-refractivity contribution in [2.45, 2.75) is 52.7 Å². The molecule has 35 heavy (non-hydrogen) atoms. The van der Waals surface area contributed by atoms with Crippen LogP contribution in [0, 0.1) is 6.92 Å². The zero-order valence-electron chi connectivity index (χ0n) is 21.3. The zero-order chi connectivity index (χ0) is 25.4. The lowest BCUT2D eigenvalue weighted by atomic mass is 9.87. The second-order valence-corrected chi connectivity index (χ2v) is 9.45. The number of hydrazone groups is 1. The Kier molecular flexibility index (Phi) is 8.53. The molecule has 0 saturated heterocycles. The first-order valence-corrected chi connectivity index (χ1v) is 11.6. The molecule has 3 aromatic rings. The van der Waals surface area contributed by atoms with Crippen LogP contribution in [0.4, 0.5) is 0 Å². The molecule has 0 aliphatic carbocycles. The fraction of sp³-hybridized carbons (Fsp3) is 0.310. The SMILES string of the molecule is COc1cc(/C=N/NC(=O)C(C)Oc2ccc(C(C)(C)C)cc2)ccc1OCc1ccc(C)cc1. The Hall–Kier alpha value is -3.80. The molecule has 0 fully saturated rings. The Balaban J connectivity index is 1.54. The molecule has 0 aromatic heterocycles. The van der Waals surface area contributed by atoms with Gasteiger partial charge in [-0.25, -0.2) is 5.43 Å². The fourth-order valence-electron chi connectivity index (χ4n) is 3.28. The van der Waals surface area contributed by atoms with Crippen molar-refractivity contribution in [1.29, 1.82) is 0 Å². The number of carbonyl (C=O) groups is 1. The van der Waals surface area contributed by atoms with Crippen LogP contribution in [-0.4, -0.2) is 25.3 Å². The number of amides is 1. The van der Waals surface area contributed by atoms with E-state index in [1.54, 1.807) is 26.3 Å². The summed E-state index contributed by atoms with van der Waals surface area (Å²) in [6.07, 6.45) is 0.856. The summed E-state index contributed by atoms with van der Waals surface area (Å²) in [5.41, 5.74) is 6.83. The summed E-state index contributed by atoms with van der Waals surface area (Å²) >= 11 is 0. The quantitative estimate of drug-likeness (QED) is 0.314. The van der Waals surface area contributed by atoms with E-state index in [2.05, 4.69) is 50.4 Å². The van der Waals surface area contributed by atoms with Gasteiger partial charge in [-0.15, -0.1) is 0 Å². The average molecular weight is 475 g/mol. The zero-order valence-corrected chi connectivity index (χ0v) is 21.3. The third kappa shape index (κ3) is 7.60. The van der Waals surface area contributed by atoms with Crippen molar-refractivity contribution < 1.29 is 19.0 Å². The minimum absolute atomic E-state index is 0.0599. The van der Waals surface area contributed by atoms with Crippen LogP contribution in [0.1, 0.15) is 49.9 Å². The highest BCUT2D eigenvalue weighted by Crippen LogP contribution is 2.28. The number of benzene rings is 3. The molecule has 184 valence electrons. The Morgan fingerprint density at radius 1 is 1.00 bits per heavy atom. The van der Waals surface area contributed by atoms with E-state index >= 15 is 0 Å². The van der Waals surface area contributed by atoms with Crippen molar-refractivity contribution in [3.8, 4) is 17.2 Å². The first-order chi connectivity index (χ1) is 16.7. The van der Waals surface area contributed by atoms with Gasteiger partial charge in [-0.2, -0.15) is 5.10 Å². The fourth-order valence-corrected chi connectivity index (χ4v) is 3.28. The van der Waals surface area contributed by atoms with Crippen LogP contribution in [-0.2, 0) is 16.8 Å². The number of hydrogen-bond acceptors (Lipinski definition) is 5. The molecule has 0 heterocycles. The van der Waals surface area contributed by atoms with E-state index in [1.165, 1.54) is 11.1 Å². The average Bonchev–Trinajstić information content (AvgIpc) is 2.83. The number of aryl methyl sites for hydroxylation is 1. The molecule has 1 N–H and O–H groups in total. The molecule has 0 spiro atoms. The van der Waals surface area contributed by atoms with E-state index in [4.69, 9.17) is 14.2 Å². The van der Waals surface area contributed by atoms with Gasteiger partial charge >= 0.3 is 0 Å². The Bertz CT molecular complexity index is 1150. The highest BCUT2D eigenvalue weighted by Gasteiger charge is 2.16. The topological polar surface area (TPSA) is 69.2 Å². The molecule has 1 unspecified atom stereocenters. The van der Waals surface area contributed by atoms with Gasteiger partial charge in [0.1, 0.15) is 12.4 Å². The number of nitrogens with one attached hydrogen (secondary N) is 1. The summed E-state index contributed by atoms with van der Waals surface area (Å²) in [4.78, 5) is 12.4. The summed E-state index contributed by atoms with van der Waals surface area (Å²) < 4.78 is 17.1. The van der Waals surface area contributed by atoms with Crippen LogP contribution < -0.4 is 19.6 Å². The van der Waals surface area contributed by atoms with Crippen molar-refractivity contribution in [2.24, 2.45) is 5.10 Å². The Morgan fingerprint density at radius 2 is 1.69 bits per heavy atom. The van der Waals surface area contributed by atoms with Gasteiger partial charge in [0.15, 0.2) is 17.6 Å². The number of carbonyl (C=O) groups excluding carboxylic acids is 1. The molecule has 3 aromatic carbocycles. The normalized spacial score (nSPS) is 12.3. The standard InChI is InChI=1S/C29H34N2O4/c1-20-7-9-22(10-8-20)19-34-26-16-11-23(17-27(26)33-6)18-30-31-28(32)21(2)35-25-14-12-24(13-15-25)29(3,4)5/h7-18,21H,19H2,1-6H3,(H,31,32)/b30-18+. The smallest absolute Gasteiger partial charge is 0.280 e. The van der Waals surface area contributed by atoms with E-state index < -0.39 is 6.10 Å². The minimum atomic E-state index is -0.695. The molecule has 0 aliphatic heterocycles. The third-order valence-electron chi connectivity index (χ3n) is 5.49. The molecule has 1 atom stereocenters. The van der Waals surface area contributed by atoms with Gasteiger partial charge in [0.05, 0.1) is 13.3 Å². The van der Waals surface area contributed by atoms with E-state index in [0.717, 1.165) is 11.1 Å². The number of rotatable bonds is 9. The van der Waals surface area contributed by atoms with Crippen LogP contribution in [0.15, 0.2) is 71.8 Å². The molecule has 3 rings (SSSR count). The third-order valence-corrected chi connectivity index (χ3v) is 5.49. The summed E-state index contributed by atoms with van der Waals surface area (Å²) in [7, 11) is 1.59. The molecule has 0 aliphatic rings. The van der Waals surface area contributed by atoms with Crippen molar-refractivity contribution in [1.82, 2.24) is 5.43 Å². The molecule has 0 radical (unpaired) electrons. The molecule has 6 nitrogen and oxygen atoms in total. The predicted molar refractivity (Wildman–Crippen MR) is 139 cm³/mol. The molecule has 1 amide bonds. The lowest BCUT2D eigenvalue weighted by Gasteiger charge is -2.20. The lowest BCUT2D eigenvalue weighted by Crippen LogP contribution is -2.33. The molecular formula is C29H34N2O4. The lowest BCUT2D eigenvalue weighted by molar-refractivity contribution is -0.127. The summed E-state index contributed by atoms with van der Waals surface area (Å²) in [6, 6.07) is 21.4. The van der Waals surface area contributed by atoms with Gasteiger partial charge in [-0.05, 0) is 66.3 Å². The van der Waals surface area contributed by atoms with Gasteiger partial charge in [0, 0.05) is 0 Å². The number of hydrogen-bond donors (Lipinski definition) is 1. The second-order valence-electron chi connectivity index (χ2n) is 9.45. The molecule has 6 heteroatoms. The molecular weight excluding hydrogens is 440 g/mol. The van der Waals surface area contributed by atoms with E-state index in [-0.39, 0.29) is 11.3 Å². The summed E-state index contributed by atoms with van der Waals surface area (Å²) in [5.74, 6) is 1.51. The maximum Gasteiger partial charge on any atom is 0.280 e. The Morgan fingerprint density at radius 3 is 2.31 bits per heavy atom. The molecule has 0 saturated carbocycles. The van der Waals surface area contributed by atoms with Crippen molar-refractivity contribution >= 4 is 12.1 Å². The largest absolute Gasteiger partial charge is 0.493 e. The van der Waals surface area contributed by atoms with Gasteiger partial charge in [-0.1, -0.05) is 62.7 Å². The predicted octanol–water partition coefficient (Wildman–Crippen LogP) is 5.80. The van der Waals surface area contributed by atoms with Crippen LogP contribution in [0.3, 0.4) is 0 Å². The minimum Gasteiger partial charge on any atom is -0.493 e. The van der Waals surface area contributed by atoms with E-state index in [9.17, 15) is 4.79 Å². The van der Waals surface area contributed by atoms with Crippen molar-refractivity contribution in [2.75, 3.05) is 7.11 Å². The van der Waals surface area contributed by atoms with Gasteiger partial charge < -0.3 is 14.2 Å². The van der Waals surface area contributed by atoms with Crippen molar-refractivity contribution in [3.05, 3.63) is 89.0 Å². The maximum atomic E-state index is 12.4. The van der Waals surface area contributed by atoms with Gasteiger partial charge in [0.2, 0.25) is 0 Å². The second kappa shape index (κ2) is 11.6. The maximum absolute atomic E-state index is 12.4. The molecule has 0 bridgehead atoms. The van der Waals surface area contributed by atoms with E-state index in [0.29, 0.717) is 23.9 Å². The summed E-state index contributed by atoms with van der Waals surface area (Å²) in [5, 5.41) is 4.06. The summed E-state index contributed by atoms with van der Waals surface area (Å²) in [6.45, 7) is 10.6. The van der Waals surface area contributed by atoms with E-state index in [1.807, 2.05) is 48.5 Å². The van der Waals surface area contributed by atoms with Crippen LogP contribution in [0.5, 0.6) is 17.2 Å². The Labute approximate surface area is 207 Å². The highest BCUT2D eigenvalue weighted by molar-refractivity contribution is 5.84. The van der Waals surface area contributed by atoms with Gasteiger partial charge in [0.25, 0.3) is 5.91 Å². The van der Waals surface area contributed by atoms with Crippen LogP contribution in [0.25, 0.3) is 0 Å². The van der Waals surface area contributed by atoms with Crippen LogP contribution in [0.2, 0.25) is 0 Å². The first-order valence-electron chi connectivity index (χ1n) is 11.6. The highest BCUT2D eigenvalue weighted by atomic mass is 16.5. The van der Waals surface area contributed by atoms with Crippen molar-refractivity contribution in [3.63, 3.8) is 0 Å². The first kappa shape index (κ1) is 25.8. The van der Waals surface area contributed by atoms with Gasteiger partial charge in [-0.3, -0.25) is 4.79 Å². The number of ether oxygens (including phenoxy) is 3. The monoisotopic (exact) mass is 474 g/mol. The number of nitrogens with zero attached hydrogens (tertiary/aromatic N) is 1.